The number of aliphatic hydroxyl groups excluding tert-OH is 3. The van der Waals surface area contributed by atoms with E-state index in [1.165, 1.54) is 0 Å². The van der Waals surface area contributed by atoms with Crippen molar-refractivity contribution in [1.29, 1.82) is 0 Å². The van der Waals surface area contributed by atoms with Gasteiger partial charge >= 0.3 is 0 Å². The zero-order chi connectivity index (χ0) is 19.9. The van der Waals surface area contributed by atoms with E-state index in [1.807, 2.05) is 6.92 Å². The first-order valence-corrected chi connectivity index (χ1v) is 11.4. The fourth-order valence-electron chi connectivity index (χ4n) is 10.9. The molecule has 6 nitrogen and oxygen atoms in total. The summed E-state index contributed by atoms with van der Waals surface area (Å²) in [5.74, 6) is 0.590. The lowest BCUT2D eigenvalue weighted by Gasteiger charge is -2.70. The van der Waals surface area contributed by atoms with Gasteiger partial charge in [0.25, 0.3) is 0 Å². The Labute approximate surface area is 166 Å². The third kappa shape index (κ3) is 1.59. The standard InChI is InChI=1S/C22H35NO5/c1-3-23(28)10-19(2)8-13(25)9-21-15(19)7-14(17(21)23)20-5-4-12(6-16(20)21)22(27,11-24)18(20)26/h12-18,24-27H,3-11H2,1-2H3. The van der Waals surface area contributed by atoms with E-state index in [0.717, 1.165) is 25.7 Å². The van der Waals surface area contributed by atoms with Crippen molar-refractivity contribution in [3.05, 3.63) is 5.21 Å². The first-order chi connectivity index (χ1) is 13.1. The monoisotopic (exact) mass is 393 g/mol. The van der Waals surface area contributed by atoms with Crippen LogP contribution in [-0.2, 0) is 0 Å². The molecule has 0 amide bonds. The number of hydroxylamine groups is 3. The Morgan fingerprint density at radius 2 is 1.86 bits per heavy atom. The van der Waals surface area contributed by atoms with Crippen molar-refractivity contribution in [2.75, 3.05) is 19.7 Å². The fraction of sp³-hybridized carbons (Fsp3) is 1.00. The molecule has 2 spiro atoms. The lowest BCUT2D eigenvalue weighted by Crippen LogP contribution is -2.73. The molecule has 7 bridgehead atoms. The van der Waals surface area contributed by atoms with Crippen molar-refractivity contribution < 1.29 is 25.1 Å². The molecule has 6 saturated carbocycles. The van der Waals surface area contributed by atoms with Gasteiger partial charge < -0.3 is 30.3 Å². The summed E-state index contributed by atoms with van der Waals surface area (Å²) in [5, 5.41) is 57.9. The van der Waals surface area contributed by atoms with Crippen LogP contribution in [0.3, 0.4) is 0 Å². The topological polar surface area (TPSA) is 104 Å². The van der Waals surface area contributed by atoms with E-state index in [0.29, 0.717) is 31.8 Å². The van der Waals surface area contributed by atoms with Gasteiger partial charge in [-0.1, -0.05) is 6.92 Å². The predicted octanol–water partition coefficient (Wildman–Crippen LogP) is 1.00. The van der Waals surface area contributed by atoms with Gasteiger partial charge in [-0.3, -0.25) is 0 Å². The average molecular weight is 394 g/mol. The van der Waals surface area contributed by atoms with Crippen LogP contribution in [0.1, 0.15) is 52.4 Å². The van der Waals surface area contributed by atoms with Crippen molar-refractivity contribution in [2.45, 2.75) is 76.2 Å². The van der Waals surface area contributed by atoms with Gasteiger partial charge in [-0.15, -0.1) is 0 Å². The molecule has 28 heavy (non-hydrogen) atoms. The van der Waals surface area contributed by atoms with Crippen LogP contribution < -0.4 is 0 Å². The Bertz CT molecular complexity index is 734. The van der Waals surface area contributed by atoms with Gasteiger partial charge in [-0.05, 0) is 63.2 Å². The van der Waals surface area contributed by atoms with Gasteiger partial charge in [0.1, 0.15) is 5.60 Å². The number of hydrogen-bond donors (Lipinski definition) is 4. The molecular formula is C22H35NO5. The van der Waals surface area contributed by atoms with Crippen molar-refractivity contribution in [3.63, 3.8) is 0 Å². The van der Waals surface area contributed by atoms with Crippen molar-refractivity contribution >= 4 is 0 Å². The third-order valence-electron chi connectivity index (χ3n) is 11.3. The number of quaternary nitrogens is 1. The summed E-state index contributed by atoms with van der Waals surface area (Å²) >= 11 is 0. The SMILES string of the molecule is CC[N+]1([O-])CC2(C)CC(O)CC34C2CC(C31)C12CCC(CC14)C(O)(CO)C2O. The quantitative estimate of drug-likeness (QED) is 0.414. The Morgan fingerprint density at radius 3 is 2.54 bits per heavy atom. The van der Waals surface area contributed by atoms with E-state index in [4.69, 9.17) is 0 Å². The molecule has 6 aliphatic carbocycles. The van der Waals surface area contributed by atoms with Crippen LogP contribution in [0, 0.1) is 45.1 Å². The first kappa shape index (κ1) is 18.5. The highest BCUT2D eigenvalue weighted by Crippen LogP contribution is 2.84. The van der Waals surface area contributed by atoms with E-state index in [-0.39, 0.29) is 45.4 Å². The molecule has 4 N–H and O–H groups in total. The molecule has 0 aromatic heterocycles. The smallest absolute Gasteiger partial charge is 0.117 e. The van der Waals surface area contributed by atoms with Crippen molar-refractivity contribution in [3.8, 4) is 0 Å². The molecule has 7 fully saturated rings. The highest BCUT2D eigenvalue weighted by molar-refractivity contribution is 5.32. The second-order valence-electron chi connectivity index (χ2n) is 11.8. The summed E-state index contributed by atoms with van der Waals surface area (Å²) in [4.78, 5) is 0. The number of aliphatic hydroxyl groups is 4. The number of nitrogens with zero attached hydrogens (tertiary/aromatic N) is 1. The number of likely N-dealkylation sites (tertiary alicyclic amines) is 1. The summed E-state index contributed by atoms with van der Waals surface area (Å²) in [5.41, 5.74) is -2.27. The largest absolute Gasteiger partial charge is 0.633 e. The molecule has 1 aliphatic heterocycles. The van der Waals surface area contributed by atoms with Gasteiger partial charge in [0.05, 0.1) is 37.9 Å². The first-order valence-electron chi connectivity index (χ1n) is 11.4. The number of piperidine rings is 1. The number of fused-ring (bicyclic) bond motifs is 2. The van der Waals surface area contributed by atoms with Crippen LogP contribution in [0.2, 0.25) is 0 Å². The fourth-order valence-corrected chi connectivity index (χ4v) is 10.9. The van der Waals surface area contributed by atoms with Gasteiger partial charge in [-0.25, -0.2) is 0 Å². The summed E-state index contributed by atoms with van der Waals surface area (Å²) in [6, 6.07) is -0.0787. The Hall–Kier alpha value is -0.240. The van der Waals surface area contributed by atoms with Gasteiger partial charge in [0.2, 0.25) is 0 Å². The molecule has 7 aliphatic rings. The van der Waals surface area contributed by atoms with Crippen LogP contribution in [0.25, 0.3) is 0 Å². The van der Waals surface area contributed by atoms with E-state index in [9.17, 15) is 25.6 Å². The highest BCUT2D eigenvalue weighted by atomic mass is 16.5. The maximum atomic E-state index is 14.3. The lowest BCUT2D eigenvalue weighted by molar-refractivity contribution is -0.927. The minimum absolute atomic E-state index is 0.0787. The summed E-state index contributed by atoms with van der Waals surface area (Å²) in [6.45, 7) is 4.92. The molecule has 158 valence electrons. The zero-order valence-electron chi connectivity index (χ0n) is 17.0. The zero-order valence-corrected chi connectivity index (χ0v) is 17.0. The second-order valence-corrected chi connectivity index (χ2v) is 11.8. The van der Waals surface area contributed by atoms with Gasteiger partial charge in [-0.2, -0.15) is 0 Å². The van der Waals surface area contributed by atoms with E-state index < -0.39 is 23.7 Å². The third-order valence-corrected chi connectivity index (χ3v) is 11.3. The second kappa shape index (κ2) is 4.97. The van der Waals surface area contributed by atoms with Crippen LogP contribution in [-0.4, -0.2) is 68.6 Å². The molecule has 1 heterocycles. The molecule has 0 radical (unpaired) electrons. The molecule has 0 aromatic rings. The Balaban J connectivity index is 1.59. The molecule has 1 saturated heterocycles. The van der Waals surface area contributed by atoms with E-state index in [2.05, 4.69) is 6.92 Å². The van der Waals surface area contributed by atoms with E-state index in [1.54, 1.807) is 0 Å². The summed E-state index contributed by atoms with van der Waals surface area (Å²) < 4.78 is -0.197. The maximum Gasteiger partial charge on any atom is 0.117 e. The Morgan fingerprint density at radius 1 is 1.11 bits per heavy atom. The van der Waals surface area contributed by atoms with Crippen LogP contribution >= 0.6 is 0 Å². The minimum Gasteiger partial charge on any atom is -0.633 e. The molecule has 6 heteroatoms. The summed E-state index contributed by atoms with van der Waals surface area (Å²) in [6.07, 6.45) is 3.44. The van der Waals surface area contributed by atoms with Gasteiger partial charge in [0.15, 0.2) is 0 Å². The molecule has 7 rings (SSSR count). The average Bonchev–Trinajstić information content (AvgIpc) is 3.09. The predicted molar refractivity (Wildman–Crippen MR) is 102 cm³/mol. The number of rotatable bonds is 2. The highest BCUT2D eigenvalue weighted by Gasteiger charge is 2.87. The summed E-state index contributed by atoms with van der Waals surface area (Å²) in [7, 11) is 0. The lowest BCUT2D eigenvalue weighted by atomic mass is 9.38. The van der Waals surface area contributed by atoms with Crippen LogP contribution in [0.15, 0.2) is 0 Å². The molecular weight excluding hydrogens is 358 g/mol. The maximum absolute atomic E-state index is 14.3. The normalized spacial score (nSPS) is 68.9. The Kier molecular flexibility index (Phi) is 3.29. The molecule has 0 aromatic carbocycles. The molecule has 12 unspecified atom stereocenters. The number of hydrogen-bond acceptors (Lipinski definition) is 5. The van der Waals surface area contributed by atoms with Crippen LogP contribution in [0.4, 0.5) is 0 Å². The molecule has 12 atom stereocenters. The van der Waals surface area contributed by atoms with Crippen molar-refractivity contribution in [2.24, 2.45) is 39.9 Å². The van der Waals surface area contributed by atoms with Crippen LogP contribution in [0.5, 0.6) is 0 Å². The minimum atomic E-state index is -1.44. The van der Waals surface area contributed by atoms with E-state index >= 15 is 0 Å². The van der Waals surface area contributed by atoms with Gasteiger partial charge in [0, 0.05) is 22.2 Å². The van der Waals surface area contributed by atoms with Crippen molar-refractivity contribution in [1.82, 2.24) is 0 Å².